The van der Waals surface area contributed by atoms with Crippen molar-refractivity contribution < 1.29 is 4.79 Å². The fraction of sp³-hybridized carbons (Fsp3) is 0.143. The van der Waals surface area contributed by atoms with Crippen LogP contribution in [0.5, 0.6) is 0 Å². The van der Waals surface area contributed by atoms with Crippen LogP contribution in [-0.2, 0) is 0 Å². The first kappa shape index (κ1) is 12.1. The van der Waals surface area contributed by atoms with Crippen molar-refractivity contribution >= 4 is 17.4 Å². The Hall–Kier alpha value is -2.36. The Morgan fingerprint density at radius 3 is 2.56 bits per heavy atom. The van der Waals surface area contributed by atoms with E-state index < -0.39 is 0 Å². The van der Waals surface area contributed by atoms with Crippen molar-refractivity contribution in [3.05, 3.63) is 53.2 Å². The van der Waals surface area contributed by atoms with E-state index in [4.69, 9.17) is 5.73 Å². The molecule has 0 spiro atoms. The number of nitrogens with one attached hydrogen (secondary N) is 1. The number of hydrogen-bond acceptors (Lipinski definition) is 3. The number of carbonyl (C=O) groups is 1. The Kier molecular flexibility index (Phi) is 3.28. The molecular weight excluding hydrogens is 226 g/mol. The van der Waals surface area contributed by atoms with Crippen LogP contribution in [0.15, 0.2) is 36.5 Å². The normalized spacial score (nSPS) is 10.1. The Bertz CT molecular complexity index is 576. The van der Waals surface area contributed by atoms with Gasteiger partial charge in [-0.15, -0.1) is 0 Å². The number of rotatable bonds is 2. The van der Waals surface area contributed by atoms with E-state index in [1.54, 1.807) is 12.1 Å². The van der Waals surface area contributed by atoms with Crippen LogP contribution in [0, 0.1) is 13.8 Å². The van der Waals surface area contributed by atoms with Crippen LogP contribution < -0.4 is 11.1 Å². The number of benzene rings is 1. The van der Waals surface area contributed by atoms with Crippen molar-refractivity contribution in [3.63, 3.8) is 0 Å². The van der Waals surface area contributed by atoms with Gasteiger partial charge in [0.1, 0.15) is 5.82 Å². The van der Waals surface area contributed by atoms with Crippen LogP contribution >= 0.6 is 0 Å². The molecule has 2 rings (SSSR count). The van der Waals surface area contributed by atoms with Crippen LogP contribution in [0.1, 0.15) is 21.5 Å². The Morgan fingerprint density at radius 2 is 1.94 bits per heavy atom. The molecule has 4 nitrogen and oxygen atoms in total. The molecule has 1 aromatic carbocycles. The maximum absolute atomic E-state index is 11.9. The molecular formula is C14H15N3O. The molecule has 0 saturated heterocycles. The average Bonchev–Trinajstić information content (AvgIpc) is 2.34. The van der Waals surface area contributed by atoms with Gasteiger partial charge in [-0.2, -0.15) is 0 Å². The summed E-state index contributed by atoms with van der Waals surface area (Å²) in [5, 5.41) is 2.83. The number of amides is 1. The lowest BCUT2D eigenvalue weighted by Crippen LogP contribution is -2.12. The van der Waals surface area contributed by atoms with Crippen LogP contribution in [0.4, 0.5) is 11.5 Å². The first-order valence-corrected chi connectivity index (χ1v) is 5.66. The molecule has 3 N–H and O–H groups in total. The molecule has 0 aliphatic rings. The van der Waals surface area contributed by atoms with E-state index in [-0.39, 0.29) is 5.91 Å². The van der Waals surface area contributed by atoms with Crippen LogP contribution in [-0.4, -0.2) is 10.9 Å². The van der Waals surface area contributed by atoms with Crippen LogP contribution in [0.3, 0.4) is 0 Å². The van der Waals surface area contributed by atoms with Gasteiger partial charge in [0.25, 0.3) is 5.91 Å². The summed E-state index contributed by atoms with van der Waals surface area (Å²) in [6.07, 6.45) is 1.46. The van der Waals surface area contributed by atoms with Gasteiger partial charge in [-0.05, 0) is 49.2 Å². The van der Waals surface area contributed by atoms with Gasteiger partial charge < -0.3 is 11.1 Å². The molecule has 0 atom stereocenters. The predicted octanol–water partition coefficient (Wildman–Crippen LogP) is 2.53. The van der Waals surface area contributed by atoms with E-state index in [0.717, 1.165) is 11.3 Å². The molecule has 1 aromatic heterocycles. The summed E-state index contributed by atoms with van der Waals surface area (Å²) in [5.74, 6) is 0.212. The zero-order chi connectivity index (χ0) is 13.1. The quantitative estimate of drug-likeness (QED) is 0.849. The van der Waals surface area contributed by atoms with Gasteiger partial charge in [0, 0.05) is 11.9 Å². The zero-order valence-corrected chi connectivity index (χ0v) is 10.4. The highest BCUT2D eigenvalue weighted by Crippen LogP contribution is 2.15. The zero-order valence-electron chi connectivity index (χ0n) is 10.4. The van der Waals surface area contributed by atoms with E-state index in [1.165, 1.54) is 11.8 Å². The van der Waals surface area contributed by atoms with Gasteiger partial charge in [-0.1, -0.05) is 6.07 Å². The smallest absolute Gasteiger partial charge is 0.257 e. The monoisotopic (exact) mass is 241 g/mol. The SMILES string of the molecule is Cc1ccc(NC(=O)c2ccc(N)nc2)cc1C. The van der Waals surface area contributed by atoms with Crippen molar-refractivity contribution in [2.75, 3.05) is 11.1 Å². The molecule has 0 fully saturated rings. The Morgan fingerprint density at radius 1 is 1.17 bits per heavy atom. The minimum absolute atomic E-state index is 0.189. The van der Waals surface area contributed by atoms with E-state index >= 15 is 0 Å². The molecule has 0 saturated carbocycles. The summed E-state index contributed by atoms with van der Waals surface area (Å²) in [6.45, 7) is 4.04. The third-order valence-electron chi connectivity index (χ3n) is 2.81. The van der Waals surface area contributed by atoms with Crippen molar-refractivity contribution in [1.29, 1.82) is 0 Å². The van der Waals surface area contributed by atoms with Gasteiger partial charge in [-0.25, -0.2) is 4.98 Å². The lowest BCUT2D eigenvalue weighted by Gasteiger charge is -2.07. The number of pyridine rings is 1. The summed E-state index contributed by atoms with van der Waals surface area (Å²) in [5.41, 5.74) is 9.08. The second-order valence-electron chi connectivity index (χ2n) is 4.22. The number of nitrogens with two attached hydrogens (primary N) is 1. The minimum atomic E-state index is -0.189. The molecule has 92 valence electrons. The van der Waals surface area contributed by atoms with E-state index in [1.807, 2.05) is 32.0 Å². The summed E-state index contributed by atoms with van der Waals surface area (Å²) in [6, 6.07) is 9.06. The third-order valence-corrected chi connectivity index (χ3v) is 2.81. The summed E-state index contributed by atoms with van der Waals surface area (Å²) in [7, 11) is 0. The highest BCUT2D eigenvalue weighted by atomic mass is 16.1. The lowest BCUT2D eigenvalue weighted by atomic mass is 10.1. The van der Waals surface area contributed by atoms with Crippen molar-refractivity contribution in [3.8, 4) is 0 Å². The van der Waals surface area contributed by atoms with E-state index in [2.05, 4.69) is 10.3 Å². The molecule has 0 aliphatic carbocycles. The molecule has 2 aromatic rings. The van der Waals surface area contributed by atoms with E-state index in [9.17, 15) is 4.79 Å². The standard InChI is InChI=1S/C14H15N3O/c1-9-3-5-12(7-10(9)2)17-14(18)11-4-6-13(15)16-8-11/h3-8H,1-2H3,(H2,15,16)(H,17,18). The number of carbonyl (C=O) groups excluding carboxylic acids is 1. The van der Waals surface area contributed by atoms with E-state index in [0.29, 0.717) is 11.4 Å². The molecule has 1 amide bonds. The van der Waals surface area contributed by atoms with Gasteiger partial charge in [-0.3, -0.25) is 4.79 Å². The molecule has 0 unspecified atom stereocenters. The average molecular weight is 241 g/mol. The van der Waals surface area contributed by atoms with Gasteiger partial charge >= 0.3 is 0 Å². The highest BCUT2D eigenvalue weighted by Gasteiger charge is 2.06. The van der Waals surface area contributed by atoms with Crippen molar-refractivity contribution in [2.45, 2.75) is 13.8 Å². The fourth-order valence-electron chi connectivity index (χ4n) is 1.56. The number of anilines is 2. The maximum Gasteiger partial charge on any atom is 0.257 e. The molecule has 4 heteroatoms. The van der Waals surface area contributed by atoms with Crippen LogP contribution in [0.2, 0.25) is 0 Å². The molecule has 0 radical (unpaired) electrons. The molecule has 0 aliphatic heterocycles. The Labute approximate surface area is 106 Å². The maximum atomic E-state index is 11.9. The topological polar surface area (TPSA) is 68.0 Å². The summed E-state index contributed by atoms with van der Waals surface area (Å²) < 4.78 is 0. The Balaban J connectivity index is 2.16. The van der Waals surface area contributed by atoms with Gasteiger partial charge in [0.15, 0.2) is 0 Å². The number of hydrogen-bond donors (Lipinski definition) is 2. The molecule has 0 bridgehead atoms. The first-order valence-electron chi connectivity index (χ1n) is 5.66. The number of aryl methyl sites for hydroxylation is 2. The molecule has 18 heavy (non-hydrogen) atoms. The minimum Gasteiger partial charge on any atom is -0.384 e. The number of aromatic nitrogens is 1. The predicted molar refractivity (Wildman–Crippen MR) is 72.5 cm³/mol. The van der Waals surface area contributed by atoms with Crippen LogP contribution in [0.25, 0.3) is 0 Å². The third kappa shape index (κ3) is 2.66. The largest absolute Gasteiger partial charge is 0.384 e. The lowest BCUT2D eigenvalue weighted by molar-refractivity contribution is 0.102. The van der Waals surface area contributed by atoms with Crippen molar-refractivity contribution in [1.82, 2.24) is 4.98 Å². The highest BCUT2D eigenvalue weighted by molar-refractivity contribution is 6.04. The number of nitrogen functional groups attached to an aromatic ring is 1. The summed E-state index contributed by atoms with van der Waals surface area (Å²) >= 11 is 0. The van der Waals surface area contributed by atoms with Crippen molar-refractivity contribution in [2.24, 2.45) is 0 Å². The van der Waals surface area contributed by atoms with Gasteiger partial charge in [0.05, 0.1) is 5.56 Å². The summed E-state index contributed by atoms with van der Waals surface area (Å²) in [4.78, 5) is 15.8. The van der Waals surface area contributed by atoms with Gasteiger partial charge in [0.2, 0.25) is 0 Å². The second kappa shape index (κ2) is 4.87. The second-order valence-corrected chi connectivity index (χ2v) is 4.22. The number of nitrogens with zero attached hydrogens (tertiary/aromatic N) is 1. The fourth-order valence-corrected chi connectivity index (χ4v) is 1.56. The first-order chi connectivity index (χ1) is 8.56. The molecule has 1 heterocycles.